The van der Waals surface area contributed by atoms with E-state index in [9.17, 15) is 0 Å². The van der Waals surface area contributed by atoms with Crippen LogP contribution >= 0.6 is 0 Å². The van der Waals surface area contributed by atoms with Crippen LogP contribution < -0.4 is 10.1 Å². The van der Waals surface area contributed by atoms with Crippen molar-refractivity contribution in [2.75, 3.05) is 6.61 Å². The van der Waals surface area contributed by atoms with Gasteiger partial charge < -0.3 is 10.1 Å². The Balaban J connectivity index is 2.56. The number of nitrogens with one attached hydrogen (secondary N) is 1. The molecule has 20 heavy (non-hydrogen) atoms. The molecule has 1 heterocycles. The highest BCUT2D eigenvalue weighted by Gasteiger charge is 2.12. The molecule has 0 unspecified atom stereocenters. The maximum atomic E-state index is 5.90. The molecule has 0 aliphatic rings. The fourth-order valence-electron chi connectivity index (χ4n) is 1.92. The fraction of sp³-hybridized carbons (Fsp3) is 0.706. The number of rotatable bonds is 8. The van der Waals surface area contributed by atoms with Crippen molar-refractivity contribution in [3.63, 3.8) is 0 Å². The predicted octanol–water partition coefficient (Wildman–Crippen LogP) is 4.24. The monoisotopic (exact) mass is 278 g/mol. The molecule has 1 aromatic rings. The van der Waals surface area contributed by atoms with E-state index in [1.807, 2.05) is 19.1 Å². The van der Waals surface area contributed by atoms with Crippen LogP contribution in [0.15, 0.2) is 12.1 Å². The van der Waals surface area contributed by atoms with Crippen LogP contribution in [0.2, 0.25) is 0 Å². The molecule has 0 spiro atoms. The topological polar surface area (TPSA) is 34.1 Å². The van der Waals surface area contributed by atoms with E-state index in [0.29, 0.717) is 0 Å². The molecule has 0 aliphatic carbocycles. The minimum absolute atomic E-state index is 0.0871. The molecule has 0 amide bonds. The summed E-state index contributed by atoms with van der Waals surface area (Å²) < 4.78 is 5.90. The molecule has 3 nitrogen and oxygen atoms in total. The molecule has 0 atom stereocenters. The molecular formula is C17H30N2O. The lowest BCUT2D eigenvalue weighted by molar-refractivity contribution is 0.297. The molecule has 0 saturated heterocycles. The van der Waals surface area contributed by atoms with Crippen LogP contribution in [-0.4, -0.2) is 17.1 Å². The van der Waals surface area contributed by atoms with E-state index in [1.54, 1.807) is 0 Å². The van der Waals surface area contributed by atoms with Crippen molar-refractivity contribution in [1.82, 2.24) is 10.3 Å². The van der Waals surface area contributed by atoms with Gasteiger partial charge >= 0.3 is 0 Å². The average molecular weight is 278 g/mol. The van der Waals surface area contributed by atoms with Gasteiger partial charge in [-0.25, -0.2) is 0 Å². The van der Waals surface area contributed by atoms with Gasteiger partial charge in [-0.15, -0.1) is 0 Å². The second-order valence-electron chi connectivity index (χ2n) is 6.41. The molecule has 1 rings (SSSR count). The van der Waals surface area contributed by atoms with Crippen molar-refractivity contribution in [2.24, 2.45) is 0 Å². The predicted molar refractivity (Wildman–Crippen MR) is 85.2 cm³/mol. The van der Waals surface area contributed by atoms with E-state index >= 15 is 0 Å². The van der Waals surface area contributed by atoms with Crippen LogP contribution in [0, 0.1) is 6.92 Å². The Labute approximate surface area is 124 Å². The smallest absolute Gasteiger partial charge is 0.142 e. The summed E-state index contributed by atoms with van der Waals surface area (Å²) in [4.78, 5) is 4.60. The van der Waals surface area contributed by atoms with Gasteiger partial charge in [0, 0.05) is 17.8 Å². The average Bonchev–Trinajstić information content (AvgIpc) is 2.37. The lowest BCUT2D eigenvalue weighted by atomic mass is 10.1. The third-order valence-electron chi connectivity index (χ3n) is 3.11. The van der Waals surface area contributed by atoms with Crippen LogP contribution in [0.1, 0.15) is 64.8 Å². The summed E-state index contributed by atoms with van der Waals surface area (Å²) in [5, 5.41) is 3.47. The van der Waals surface area contributed by atoms with Crippen molar-refractivity contribution < 1.29 is 4.74 Å². The van der Waals surface area contributed by atoms with Crippen LogP contribution in [0.25, 0.3) is 0 Å². The summed E-state index contributed by atoms with van der Waals surface area (Å²) >= 11 is 0. The van der Waals surface area contributed by atoms with E-state index in [2.05, 4.69) is 38.0 Å². The molecule has 0 fully saturated rings. The Morgan fingerprint density at radius 1 is 1.15 bits per heavy atom. The summed E-state index contributed by atoms with van der Waals surface area (Å²) in [6.07, 6.45) is 4.90. The molecule has 0 bridgehead atoms. The molecule has 0 aliphatic heterocycles. The van der Waals surface area contributed by atoms with Gasteiger partial charge in [-0.1, -0.05) is 26.2 Å². The van der Waals surface area contributed by atoms with E-state index in [0.717, 1.165) is 36.7 Å². The zero-order valence-electron chi connectivity index (χ0n) is 13.8. The van der Waals surface area contributed by atoms with Crippen molar-refractivity contribution >= 4 is 0 Å². The maximum Gasteiger partial charge on any atom is 0.142 e. The first kappa shape index (κ1) is 17.0. The first-order valence-electron chi connectivity index (χ1n) is 7.76. The lowest BCUT2D eigenvalue weighted by Crippen LogP contribution is -2.35. The largest absolute Gasteiger partial charge is 0.492 e. The van der Waals surface area contributed by atoms with Gasteiger partial charge in [0.25, 0.3) is 0 Å². The summed E-state index contributed by atoms with van der Waals surface area (Å²) in [5.74, 6) is 0.920. The van der Waals surface area contributed by atoms with E-state index in [1.165, 1.54) is 19.3 Å². The molecule has 3 heteroatoms. The zero-order valence-corrected chi connectivity index (χ0v) is 13.8. The molecule has 0 radical (unpaired) electrons. The van der Waals surface area contributed by atoms with Crippen LogP contribution in [-0.2, 0) is 6.54 Å². The van der Waals surface area contributed by atoms with Gasteiger partial charge in [-0.05, 0) is 46.2 Å². The molecule has 0 saturated carbocycles. The van der Waals surface area contributed by atoms with Gasteiger partial charge in [0.1, 0.15) is 5.75 Å². The van der Waals surface area contributed by atoms with Crippen molar-refractivity contribution in [1.29, 1.82) is 0 Å². The van der Waals surface area contributed by atoms with Crippen LogP contribution in [0.4, 0.5) is 0 Å². The number of pyridine rings is 1. The van der Waals surface area contributed by atoms with Crippen molar-refractivity contribution in [3.05, 3.63) is 23.5 Å². The van der Waals surface area contributed by atoms with E-state index in [4.69, 9.17) is 4.74 Å². The second kappa shape index (κ2) is 8.25. The minimum atomic E-state index is 0.0871. The summed E-state index contributed by atoms with van der Waals surface area (Å²) in [5.41, 5.74) is 2.13. The number of aryl methyl sites for hydroxylation is 1. The normalized spacial score (nSPS) is 11.7. The highest BCUT2D eigenvalue weighted by Crippen LogP contribution is 2.18. The van der Waals surface area contributed by atoms with Gasteiger partial charge in [-0.3, -0.25) is 4.98 Å². The lowest BCUT2D eigenvalue weighted by Gasteiger charge is -2.21. The van der Waals surface area contributed by atoms with Gasteiger partial charge in [-0.2, -0.15) is 0 Å². The zero-order chi connectivity index (χ0) is 15.0. The van der Waals surface area contributed by atoms with Crippen LogP contribution in [0.3, 0.4) is 0 Å². The number of aromatic nitrogens is 1. The first-order valence-corrected chi connectivity index (χ1v) is 7.76. The Hall–Kier alpha value is -1.09. The Morgan fingerprint density at radius 3 is 2.55 bits per heavy atom. The maximum absolute atomic E-state index is 5.90. The summed E-state index contributed by atoms with van der Waals surface area (Å²) in [6, 6.07) is 4.06. The number of unbranched alkanes of at least 4 members (excludes halogenated alkanes) is 3. The van der Waals surface area contributed by atoms with Crippen LogP contribution in [0.5, 0.6) is 5.75 Å². The Bertz CT molecular complexity index is 396. The second-order valence-corrected chi connectivity index (χ2v) is 6.41. The Kier molecular flexibility index (Phi) is 7.00. The quantitative estimate of drug-likeness (QED) is 0.722. The summed E-state index contributed by atoms with van der Waals surface area (Å²) in [7, 11) is 0. The SMILES string of the molecule is CCCCCCOc1ccc(C)nc1CNC(C)(C)C. The third kappa shape index (κ3) is 6.90. The van der Waals surface area contributed by atoms with Gasteiger partial charge in [0.05, 0.1) is 12.3 Å². The van der Waals surface area contributed by atoms with E-state index < -0.39 is 0 Å². The van der Waals surface area contributed by atoms with Gasteiger partial charge in [0.2, 0.25) is 0 Å². The minimum Gasteiger partial charge on any atom is -0.492 e. The molecule has 1 N–H and O–H groups in total. The first-order chi connectivity index (χ1) is 9.42. The fourth-order valence-corrected chi connectivity index (χ4v) is 1.92. The number of ether oxygens (including phenoxy) is 1. The third-order valence-corrected chi connectivity index (χ3v) is 3.11. The molecular weight excluding hydrogens is 248 g/mol. The van der Waals surface area contributed by atoms with E-state index in [-0.39, 0.29) is 5.54 Å². The summed E-state index contributed by atoms with van der Waals surface area (Å²) in [6.45, 7) is 12.3. The number of hydrogen-bond donors (Lipinski definition) is 1. The highest BCUT2D eigenvalue weighted by atomic mass is 16.5. The standard InChI is InChI=1S/C17H30N2O/c1-6-7-8-9-12-20-16-11-10-14(2)19-15(16)13-18-17(3,4)5/h10-11,18H,6-9,12-13H2,1-5H3. The number of nitrogens with zero attached hydrogens (tertiary/aromatic N) is 1. The van der Waals surface area contributed by atoms with Crippen molar-refractivity contribution in [3.8, 4) is 5.75 Å². The highest BCUT2D eigenvalue weighted by molar-refractivity contribution is 5.29. The van der Waals surface area contributed by atoms with Gasteiger partial charge in [0.15, 0.2) is 0 Å². The molecule has 0 aromatic carbocycles. The molecule has 114 valence electrons. The van der Waals surface area contributed by atoms with Crippen molar-refractivity contribution in [2.45, 2.75) is 72.4 Å². The molecule has 1 aromatic heterocycles. The number of hydrogen-bond acceptors (Lipinski definition) is 3. The Morgan fingerprint density at radius 2 is 1.90 bits per heavy atom.